The summed E-state index contributed by atoms with van der Waals surface area (Å²) < 4.78 is 2.10. The van der Waals surface area contributed by atoms with Crippen LogP contribution in [0.4, 0.5) is 11.8 Å². The SMILES string of the molecule is Nc1nc(N)c2ncn(C3CCCCC3)c2n1. The highest BCUT2D eigenvalue weighted by atomic mass is 15.2. The lowest BCUT2D eigenvalue weighted by molar-refractivity contribution is 0.358. The number of hydrogen-bond donors (Lipinski definition) is 2. The van der Waals surface area contributed by atoms with Gasteiger partial charge in [-0.1, -0.05) is 19.3 Å². The molecule has 4 N–H and O–H groups in total. The van der Waals surface area contributed by atoms with E-state index in [1.165, 1.54) is 32.1 Å². The maximum absolute atomic E-state index is 5.79. The zero-order valence-electron chi connectivity index (χ0n) is 9.63. The lowest BCUT2D eigenvalue weighted by atomic mass is 9.95. The van der Waals surface area contributed by atoms with Crippen molar-refractivity contribution < 1.29 is 0 Å². The molecule has 0 unspecified atom stereocenters. The molecule has 1 fully saturated rings. The number of nitrogens with zero attached hydrogens (tertiary/aromatic N) is 4. The second-order valence-electron chi connectivity index (χ2n) is 4.58. The van der Waals surface area contributed by atoms with Crippen LogP contribution in [0.5, 0.6) is 0 Å². The van der Waals surface area contributed by atoms with E-state index in [1.54, 1.807) is 0 Å². The monoisotopic (exact) mass is 232 g/mol. The Hall–Kier alpha value is -1.85. The van der Waals surface area contributed by atoms with Gasteiger partial charge in [0.05, 0.1) is 6.33 Å². The number of aromatic nitrogens is 4. The predicted molar refractivity (Wildman–Crippen MR) is 66.3 cm³/mol. The molecular weight excluding hydrogens is 216 g/mol. The molecule has 0 radical (unpaired) electrons. The summed E-state index contributed by atoms with van der Waals surface area (Å²) in [4.78, 5) is 12.5. The van der Waals surface area contributed by atoms with Gasteiger partial charge in [-0.25, -0.2) is 4.98 Å². The first-order valence-corrected chi connectivity index (χ1v) is 6.01. The second-order valence-corrected chi connectivity index (χ2v) is 4.58. The highest BCUT2D eigenvalue weighted by Gasteiger charge is 2.19. The third kappa shape index (κ3) is 1.69. The number of rotatable bonds is 1. The van der Waals surface area contributed by atoms with Crippen LogP contribution in [0, 0.1) is 0 Å². The molecule has 3 rings (SSSR count). The van der Waals surface area contributed by atoms with Gasteiger partial charge in [-0.05, 0) is 12.8 Å². The van der Waals surface area contributed by atoms with Crippen LogP contribution in [-0.2, 0) is 0 Å². The first kappa shape index (κ1) is 10.3. The summed E-state index contributed by atoms with van der Waals surface area (Å²) >= 11 is 0. The molecule has 0 aromatic carbocycles. The highest BCUT2D eigenvalue weighted by Crippen LogP contribution is 2.31. The van der Waals surface area contributed by atoms with Gasteiger partial charge in [0.25, 0.3) is 0 Å². The minimum absolute atomic E-state index is 0.215. The standard InChI is InChI=1S/C11H16N6/c12-9-8-10(16-11(13)15-9)17(6-14-8)7-4-2-1-3-5-7/h6-7H,1-5H2,(H4,12,13,15,16). The average molecular weight is 232 g/mol. The summed E-state index contributed by atoms with van der Waals surface area (Å²) in [6, 6.07) is 0.474. The van der Waals surface area contributed by atoms with E-state index in [9.17, 15) is 0 Å². The zero-order valence-corrected chi connectivity index (χ0v) is 9.63. The van der Waals surface area contributed by atoms with E-state index in [-0.39, 0.29) is 5.95 Å². The van der Waals surface area contributed by atoms with Gasteiger partial charge in [-0.3, -0.25) is 0 Å². The summed E-state index contributed by atoms with van der Waals surface area (Å²) in [5.41, 5.74) is 12.9. The van der Waals surface area contributed by atoms with Gasteiger partial charge >= 0.3 is 0 Å². The van der Waals surface area contributed by atoms with Crippen molar-refractivity contribution in [3.05, 3.63) is 6.33 Å². The molecule has 17 heavy (non-hydrogen) atoms. The summed E-state index contributed by atoms with van der Waals surface area (Å²) in [7, 11) is 0. The third-order valence-electron chi connectivity index (χ3n) is 3.43. The first-order valence-electron chi connectivity index (χ1n) is 6.01. The summed E-state index contributed by atoms with van der Waals surface area (Å²) in [5.74, 6) is 0.578. The van der Waals surface area contributed by atoms with Crippen molar-refractivity contribution in [3.8, 4) is 0 Å². The molecule has 1 saturated carbocycles. The number of fused-ring (bicyclic) bond motifs is 1. The Kier molecular flexibility index (Phi) is 2.35. The number of hydrogen-bond acceptors (Lipinski definition) is 5. The van der Waals surface area contributed by atoms with Gasteiger partial charge in [0.15, 0.2) is 11.5 Å². The fourth-order valence-electron chi connectivity index (χ4n) is 2.58. The Labute approximate surface area is 99.1 Å². The Balaban J connectivity index is 2.10. The molecule has 6 nitrogen and oxygen atoms in total. The largest absolute Gasteiger partial charge is 0.382 e. The normalized spacial score (nSPS) is 17.6. The van der Waals surface area contributed by atoms with Gasteiger partial charge in [-0.2, -0.15) is 9.97 Å². The van der Waals surface area contributed by atoms with Gasteiger partial charge in [0.2, 0.25) is 5.95 Å². The van der Waals surface area contributed by atoms with Gasteiger partial charge in [0, 0.05) is 6.04 Å². The predicted octanol–water partition coefficient (Wildman–Crippen LogP) is 1.50. The maximum atomic E-state index is 5.79. The van der Waals surface area contributed by atoms with E-state index in [2.05, 4.69) is 19.5 Å². The van der Waals surface area contributed by atoms with Crippen molar-refractivity contribution in [2.75, 3.05) is 11.5 Å². The lowest BCUT2D eigenvalue weighted by Crippen LogP contribution is -2.13. The molecule has 1 aliphatic carbocycles. The Morgan fingerprint density at radius 1 is 1.12 bits per heavy atom. The number of anilines is 2. The molecule has 2 heterocycles. The molecule has 6 heteroatoms. The smallest absolute Gasteiger partial charge is 0.224 e. The van der Waals surface area contributed by atoms with Crippen molar-refractivity contribution in [1.29, 1.82) is 0 Å². The van der Waals surface area contributed by atoms with E-state index >= 15 is 0 Å². The maximum Gasteiger partial charge on any atom is 0.224 e. The van der Waals surface area contributed by atoms with E-state index < -0.39 is 0 Å². The van der Waals surface area contributed by atoms with E-state index in [0.29, 0.717) is 17.4 Å². The van der Waals surface area contributed by atoms with E-state index in [1.807, 2.05) is 6.33 Å². The topological polar surface area (TPSA) is 95.6 Å². The minimum Gasteiger partial charge on any atom is -0.382 e. The van der Waals surface area contributed by atoms with Crippen molar-refractivity contribution in [2.24, 2.45) is 0 Å². The quantitative estimate of drug-likeness (QED) is 0.776. The van der Waals surface area contributed by atoms with Gasteiger partial charge < -0.3 is 16.0 Å². The summed E-state index contributed by atoms with van der Waals surface area (Å²) in [6.07, 6.45) is 8.01. The van der Waals surface area contributed by atoms with E-state index in [0.717, 1.165) is 5.65 Å². The Bertz CT molecular complexity index is 540. The summed E-state index contributed by atoms with van der Waals surface area (Å²) in [6.45, 7) is 0. The zero-order chi connectivity index (χ0) is 11.8. The Morgan fingerprint density at radius 2 is 1.88 bits per heavy atom. The molecule has 0 bridgehead atoms. The number of nitrogens with two attached hydrogens (primary N) is 2. The molecular formula is C11H16N6. The molecule has 1 aliphatic rings. The fraction of sp³-hybridized carbons (Fsp3) is 0.545. The second kappa shape index (κ2) is 3.87. The molecule has 0 atom stereocenters. The third-order valence-corrected chi connectivity index (χ3v) is 3.43. The van der Waals surface area contributed by atoms with Crippen molar-refractivity contribution in [3.63, 3.8) is 0 Å². The van der Waals surface area contributed by atoms with Crippen molar-refractivity contribution >= 4 is 22.9 Å². The highest BCUT2D eigenvalue weighted by molar-refractivity contribution is 5.82. The molecule has 90 valence electrons. The molecule has 0 aliphatic heterocycles. The molecule has 2 aromatic rings. The molecule has 0 amide bonds. The first-order chi connectivity index (χ1) is 8.25. The molecule has 2 aromatic heterocycles. The van der Waals surface area contributed by atoms with Crippen LogP contribution in [0.3, 0.4) is 0 Å². The number of nitrogen functional groups attached to an aromatic ring is 2. The molecule has 0 spiro atoms. The van der Waals surface area contributed by atoms with Crippen LogP contribution in [0.25, 0.3) is 11.2 Å². The molecule has 0 saturated heterocycles. The minimum atomic E-state index is 0.215. The van der Waals surface area contributed by atoms with Crippen LogP contribution < -0.4 is 11.5 Å². The average Bonchev–Trinajstić information content (AvgIpc) is 2.74. The lowest BCUT2D eigenvalue weighted by Gasteiger charge is -2.23. The van der Waals surface area contributed by atoms with Crippen molar-refractivity contribution in [1.82, 2.24) is 19.5 Å². The van der Waals surface area contributed by atoms with Crippen molar-refractivity contribution in [2.45, 2.75) is 38.1 Å². The van der Waals surface area contributed by atoms with Crippen LogP contribution in [0.2, 0.25) is 0 Å². The number of imidazole rings is 1. The fourth-order valence-corrected chi connectivity index (χ4v) is 2.58. The van der Waals surface area contributed by atoms with Crippen LogP contribution in [-0.4, -0.2) is 19.5 Å². The van der Waals surface area contributed by atoms with Crippen LogP contribution in [0.15, 0.2) is 6.33 Å². The van der Waals surface area contributed by atoms with Crippen LogP contribution >= 0.6 is 0 Å². The Morgan fingerprint density at radius 3 is 2.65 bits per heavy atom. The van der Waals surface area contributed by atoms with E-state index in [4.69, 9.17) is 11.5 Å². The van der Waals surface area contributed by atoms with Gasteiger partial charge in [0.1, 0.15) is 5.52 Å². The van der Waals surface area contributed by atoms with Crippen LogP contribution in [0.1, 0.15) is 38.1 Å². The van der Waals surface area contributed by atoms with Gasteiger partial charge in [-0.15, -0.1) is 0 Å². The summed E-state index contributed by atoms with van der Waals surface area (Å²) in [5, 5.41) is 0.